The normalized spacial score (nSPS) is 11.4. The monoisotopic (exact) mass is 443 g/mol. The van der Waals surface area contributed by atoms with Crippen LogP contribution in [0, 0.1) is 6.92 Å². The highest BCUT2D eigenvalue weighted by atomic mass is 32.1. The number of carbonyl (C=O) groups excluding carboxylic acids is 1. The SMILES string of the molecule is Cc1ccc(-c2nc3ccccc3o2)cc1NC(=S)NC(=O)c1ccc(C(C)(C)C)cc1. The van der Waals surface area contributed by atoms with Gasteiger partial charge in [0.1, 0.15) is 5.52 Å². The first-order chi connectivity index (χ1) is 15.2. The van der Waals surface area contributed by atoms with Gasteiger partial charge in [0.15, 0.2) is 10.7 Å². The third kappa shape index (κ3) is 4.70. The number of nitrogens with zero attached hydrogens (tertiary/aromatic N) is 1. The zero-order valence-electron chi connectivity index (χ0n) is 18.5. The van der Waals surface area contributed by atoms with Crippen molar-refractivity contribution in [3.8, 4) is 11.5 Å². The van der Waals surface area contributed by atoms with Gasteiger partial charge in [-0.2, -0.15) is 0 Å². The molecule has 1 amide bonds. The predicted octanol–water partition coefficient (Wildman–Crippen LogP) is 6.23. The number of nitrogens with one attached hydrogen (secondary N) is 2. The van der Waals surface area contributed by atoms with Crippen molar-refractivity contribution in [1.82, 2.24) is 10.3 Å². The van der Waals surface area contributed by atoms with Crippen LogP contribution in [0.5, 0.6) is 0 Å². The van der Waals surface area contributed by atoms with E-state index in [0.717, 1.165) is 27.9 Å². The van der Waals surface area contributed by atoms with Crippen LogP contribution in [-0.4, -0.2) is 16.0 Å². The molecule has 0 fully saturated rings. The molecule has 0 atom stereocenters. The molecule has 1 aromatic heterocycles. The van der Waals surface area contributed by atoms with Crippen molar-refractivity contribution >= 4 is 40.0 Å². The van der Waals surface area contributed by atoms with Gasteiger partial charge in [-0.05, 0) is 72.1 Å². The highest BCUT2D eigenvalue weighted by Crippen LogP contribution is 2.28. The lowest BCUT2D eigenvalue weighted by Crippen LogP contribution is -2.34. The van der Waals surface area contributed by atoms with Crippen molar-refractivity contribution in [3.05, 3.63) is 83.4 Å². The quantitative estimate of drug-likeness (QED) is 0.368. The van der Waals surface area contributed by atoms with Crippen LogP contribution in [0.25, 0.3) is 22.6 Å². The Morgan fingerprint density at radius 3 is 2.41 bits per heavy atom. The molecule has 6 heteroatoms. The maximum atomic E-state index is 12.6. The number of benzene rings is 3. The lowest BCUT2D eigenvalue weighted by atomic mass is 9.87. The molecular formula is C26H25N3O2S. The minimum atomic E-state index is -0.254. The zero-order valence-corrected chi connectivity index (χ0v) is 19.3. The Morgan fingerprint density at radius 2 is 1.72 bits per heavy atom. The minimum Gasteiger partial charge on any atom is -0.436 e. The second-order valence-corrected chi connectivity index (χ2v) is 9.16. The molecule has 3 aromatic carbocycles. The van der Waals surface area contributed by atoms with Gasteiger partial charge < -0.3 is 9.73 Å². The number of thiocarbonyl (C=S) groups is 1. The van der Waals surface area contributed by atoms with Crippen molar-refractivity contribution in [2.45, 2.75) is 33.1 Å². The zero-order chi connectivity index (χ0) is 22.9. The predicted molar refractivity (Wildman–Crippen MR) is 133 cm³/mol. The Kier molecular flexibility index (Phi) is 5.80. The van der Waals surface area contributed by atoms with Crippen LogP contribution in [0.2, 0.25) is 0 Å². The fraction of sp³-hybridized carbons (Fsp3) is 0.192. The molecule has 2 N–H and O–H groups in total. The van der Waals surface area contributed by atoms with E-state index < -0.39 is 0 Å². The van der Waals surface area contributed by atoms with Crippen LogP contribution in [0.4, 0.5) is 5.69 Å². The number of rotatable bonds is 3. The standard InChI is InChI=1S/C26H25N3O2S/c1-16-9-10-18(24-27-20-7-5-6-8-22(20)31-24)15-21(16)28-25(32)29-23(30)17-11-13-19(14-12-17)26(2,3)4/h5-15H,1-4H3,(H2,28,29,30,32). The number of oxazole rings is 1. The third-order valence-corrected chi connectivity index (χ3v) is 5.47. The first-order valence-corrected chi connectivity index (χ1v) is 10.8. The summed E-state index contributed by atoms with van der Waals surface area (Å²) in [6, 6.07) is 21.0. The molecule has 0 aliphatic carbocycles. The summed E-state index contributed by atoms with van der Waals surface area (Å²) in [6.07, 6.45) is 0. The Morgan fingerprint density at radius 1 is 1.00 bits per heavy atom. The van der Waals surface area contributed by atoms with Gasteiger partial charge in [-0.1, -0.05) is 51.1 Å². The van der Waals surface area contributed by atoms with E-state index in [2.05, 4.69) is 36.4 Å². The van der Waals surface area contributed by atoms with Gasteiger partial charge in [-0.15, -0.1) is 0 Å². The van der Waals surface area contributed by atoms with Crippen LogP contribution < -0.4 is 10.6 Å². The molecule has 4 rings (SSSR count). The molecule has 0 aliphatic rings. The Bertz CT molecular complexity index is 1270. The van der Waals surface area contributed by atoms with Crippen molar-refractivity contribution < 1.29 is 9.21 Å². The van der Waals surface area contributed by atoms with E-state index in [1.165, 1.54) is 5.56 Å². The molecule has 0 saturated heterocycles. The van der Waals surface area contributed by atoms with Gasteiger partial charge in [0.2, 0.25) is 5.89 Å². The molecule has 0 aliphatic heterocycles. The third-order valence-electron chi connectivity index (χ3n) is 5.27. The van der Waals surface area contributed by atoms with Crippen LogP contribution in [0.1, 0.15) is 42.3 Å². The minimum absolute atomic E-state index is 0.0309. The summed E-state index contributed by atoms with van der Waals surface area (Å²) in [5, 5.41) is 6.10. The summed E-state index contributed by atoms with van der Waals surface area (Å²) < 4.78 is 5.87. The number of para-hydroxylation sites is 2. The van der Waals surface area contributed by atoms with E-state index in [4.69, 9.17) is 16.6 Å². The number of fused-ring (bicyclic) bond motifs is 1. The first-order valence-electron chi connectivity index (χ1n) is 10.4. The van der Waals surface area contributed by atoms with E-state index in [1.807, 2.05) is 73.7 Å². The molecule has 1 heterocycles. The largest absolute Gasteiger partial charge is 0.436 e. The number of aromatic nitrogens is 1. The maximum Gasteiger partial charge on any atom is 0.257 e. The van der Waals surface area contributed by atoms with Crippen LogP contribution in [-0.2, 0) is 5.41 Å². The van der Waals surface area contributed by atoms with Crippen LogP contribution >= 0.6 is 12.2 Å². The lowest BCUT2D eigenvalue weighted by molar-refractivity contribution is 0.0977. The molecular weight excluding hydrogens is 418 g/mol. The fourth-order valence-electron chi connectivity index (χ4n) is 3.34. The van der Waals surface area contributed by atoms with Gasteiger partial charge in [-0.25, -0.2) is 4.98 Å². The summed E-state index contributed by atoms with van der Waals surface area (Å²) >= 11 is 5.39. The van der Waals surface area contributed by atoms with Gasteiger partial charge in [0.05, 0.1) is 0 Å². The average Bonchev–Trinajstić information content (AvgIpc) is 3.19. The maximum absolute atomic E-state index is 12.6. The van der Waals surface area contributed by atoms with E-state index in [9.17, 15) is 4.79 Å². The summed E-state index contributed by atoms with van der Waals surface area (Å²) in [4.78, 5) is 17.2. The van der Waals surface area contributed by atoms with Crippen molar-refractivity contribution in [2.75, 3.05) is 5.32 Å². The molecule has 4 aromatic rings. The number of hydrogen-bond acceptors (Lipinski definition) is 4. The molecule has 5 nitrogen and oxygen atoms in total. The summed E-state index contributed by atoms with van der Waals surface area (Å²) in [6.45, 7) is 8.38. The van der Waals surface area contributed by atoms with Crippen molar-refractivity contribution in [3.63, 3.8) is 0 Å². The average molecular weight is 444 g/mol. The van der Waals surface area contributed by atoms with Crippen molar-refractivity contribution in [2.24, 2.45) is 0 Å². The Labute approximate surface area is 192 Å². The van der Waals surface area contributed by atoms with E-state index in [1.54, 1.807) is 0 Å². The van der Waals surface area contributed by atoms with Crippen LogP contribution in [0.3, 0.4) is 0 Å². The first kappa shape index (κ1) is 21.7. The summed E-state index contributed by atoms with van der Waals surface area (Å²) in [7, 11) is 0. The number of carbonyl (C=O) groups is 1. The lowest BCUT2D eigenvalue weighted by Gasteiger charge is -2.19. The number of amides is 1. The number of hydrogen-bond donors (Lipinski definition) is 2. The Hall–Kier alpha value is -3.51. The van der Waals surface area contributed by atoms with Gasteiger partial charge in [-0.3, -0.25) is 10.1 Å². The van der Waals surface area contributed by atoms with Gasteiger partial charge in [0, 0.05) is 16.8 Å². The van der Waals surface area contributed by atoms with Gasteiger partial charge in [0.25, 0.3) is 5.91 Å². The highest BCUT2D eigenvalue weighted by molar-refractivity contribution is 7.80. The molecule has 0 bridgehead atoms. The Balaban J connectivity index is 1.48. The second kappa shape index (κ2) is 8.55. The molecule has 32 heavy (non-hydrogen) atoms. The fourth-order valence-corrected chi connectivity index (χ4v) is 3.54. The van der Waals surface area contributed by atoms with E-state index in [-0.39, 0.29) is 16.4 Å². The summed E-state index contributed by atoms with van der Waals surface area (Å²) in [5.74, 6) is 0.277. The van der Waals surface area contributed by atoms with Crippen LogP contribution in [0.15, 0.2) is 71.1 Å². The number of aryl methyl sites for hydroxylation is 1. The second-order valence-electron chi connectivity index (χ2n) is 8.75. The molecule has 0 unspecified atom stereocenters. The van der Waals surface area contributed by atoms with E-state index >= 15 is 0 Å². The number of anilines is 1. The molecule has 0 spiro atoms. The smallest absolute Gasteiger partial charge is 0.257 e. The molecule has 0 saturated carbocycles. The molecule has 0 radical (unpaired) electrons. The van der Waals surface area contributed by atoms with E-state index in [0.29, 0.717) is 11.5 Å². The topological polar surface area (TPSA) is 67.2 Å². The van der Waals surface area contributed by atoms with Gasteiger partial charge >= 0.3 is 0 Å². The highest BCUT2D eigenvalue weighted by Gasteiger charge is 2.15. The summed E-state index contributed by atoms with van der Waals surface area (Å²) in [5.41, 5.74) is 5.87. The molecule has 162 valence electrons. The van der Waals surface area contributed by atoms with Crippen molar-refractivity contribution in [1.29, 1.82) is 0 Å².